The Morgan fingerprint density at radius 2 is 1.88 bits per heavy atom. The Labute approximate surface area is 146 Å². The van der Waals surface area contributed by atoms with Crippen molar-refractivity contribution in [3.05, 3.63) is 48.0 Å². The molecule has 1 aromatic heterocycles. The molecule has 0 atom stereocenters. The first-order valence-corrected chi connectivity index (χ1v) is 9.52. The number of anilines is 1. The van der Waals surface area contributed by atoms with Crippen LogP contribution < -0.4 is 4.72 Å². The lowest BCUT2D eigenvalue weighted by atomic mass is 10.2. The Balaban J connectivity index is 1.85. The summed E-state index contributed by atoms with van der Waals surface area (Å²) in [5, 5.41) is 0. The van der Waals surface area contributed by atoms with Crippen LogP contribution in [0.4, 0.5) is 10.1 Å². The van der Waals surface area contributed by atoms with Gasteiger partial charge < -0.3 is 9.47 Å². The van der Waals surface area contributed by atoms with E-state index in [1.165, 1.54) is 36.5 Å². The molecule has 1 aliphatic rings. The van der Waals surface area contributed by atoms with Gasteiger partial charge in [-0.1, -0.05) is 13.8 Å². The zero-order valence-corrected chi connectivity index (χ0v) is 14.9. The summed E-state index contributed by atoms with van der Waals surface area (Å²) < 4.78 is 42.1. The van der Waals surface area contributed by atoms with E-state index in [2.05, 4.69) is 4.72 Å². The van der Waals surface area contributed by atoms with Gasteiger partial charge in [-0.05, 0) is 36.2 Å². The van der Waals surface area contributed by atoms with Crippen molar-refractivity contribution < 1.29 is 17.6 Å². The fourth-order valence-electron chi connectivity index (χ4n) is 2.83. The molecule has 2 heterocycles. The third-order valence-corrected chi connectivity index (χ3v) is 5.33. The molecule has 3 rings (SSSR count). The van der Waals surface area contributed by atoms with Gasteiger partial charge in [-0.2, -0.15) is 0 Å². The Morgan fingerprint density at radius 1 is 1.20 bits per heavy atom. The van der Waals surface area contributed by atoms with Crippen molar-refractivity contribution in [2.75, 3.05) is 17.8 Å². The normalized spacial score (nSPS) is 14.7. The van der Waals surface area contributed by atoms with Crippen LogP contribution in [0.2, 0.25) is 0 Å². The number of halogens is 1. The number of hydrogen-bond donors (Lipinski definition) is 1. The number of benzene rings is 1. The van der Waals surface area contributed by atoms with Crippen molar-refractivity contribution in [1.29, 1.82) is 0 Å². The fourth-order valence-corrected chi connectivity index (χ4v) is 3.93. The maximum atomic E-state index is 12.9. The van der Waals surface area contributed by atoms with Crippen LogP contribution in [0.3, 0.4) is 0 Å². The second-order valence-electron chi connectivity index (χ2n) is 6.51. The average Bonchev–Trinajstić information content (AvgIpc) is 2.98. The quantitative estimate of drug-likeness (QED) is 0.885. The maximum absolute atomic E-state index is 12.9. The van der Waals surface area contributed by atoms with Crippen LogP contribution >= 0.6 is 0 Å². The standard InChI is InChI=1S/C17H20FN3O3S/c1-12(2)10-21-8-7-20-11-15(9-16(20)17(21)22)25(23,24)19-14-5-3-13(18)4-6-14/h3-6,9,11-12,19H,7-8,10H2,1-2H3. The predicted octanol–water partition coefficient (Wildman–Crippen LogP) is 2.54. The molecule has 0 saturated heterocycles. The number of rotatable bonds is 5. The molecule has 0 unspecified atom stereocenters. The summed E-state index contributed by atoms with van der Waals surface area (Å²) in [6, 6.07) is 6.43. The van der Waals surface area contributed by atoms with Crippen molar-refractivity contribution in [3.63, 3.8) is 0 Å². The topological polar surface area (TPSA) is 71.4 Å². The van der Waals surface area contributed by atoms with Crippen molar-refractivity contribution in [2.24, 2.45) is 5.92 Å². The lowest BCUT2D eigenvalue weighted by Gasteiger charge is -2.29. The zero-order valence-electron chi connectivity index (χ0n) is 14.1. The number of nitrogens with zero attached hydrogens (tertiary/aromatic N) is 2. The number of hydrogen-bond acceptors (Lipinski definition) is 3. The van der Waals surface area contributed by atoms with E-state index in [1.807, 2.05) is 13.8 Å². The molecule has 1 amide bonds. The average molecular weight is 365 g/mol. The van der Waals surface area contributed by atoms with Crippen LogP contribution in [0.15, 0.2) is 41.4 Å². The first kappa shape index (κ1) is 17.5. The van der Waals surface area contributed by atoms with E-state index in [0.29, 0.717) is 31.2 Å². The van der Waals surface area contributed by atoms with Gasteiger partial charge in [0.05, 0.1) is 0 Å². The number of sulfonamides is 1. The molecule has 1 aliphatic heterocycles. The highest BCUT2D eigenvalue weighted by atomic mass is 32.2. The third-order valence-electron chi connectivity index (χ3n) is 3.98. The third kappa shape index (κ3) is 3.68. The number of nitrogens with one attached hydrogen (secondary N) is 1. The zero-order chi connectivity index (χ0) is 18.2. The number of carbonyl (C=O) groups is 1. The smallest absolute Gasteiger partial charge is 0.270 e. The van der Waals surface area contributed by atoms with Gasteiger partial charge in [0.1, 0.15) is 16.4 Å². The second kappa shape index (κ2) is 6.51. The summed E-state index contributed by atoms with van der Waals surface area (Å²) in [5.74, 6) is -0.268. The van der Waals surface area contributed by atoms with E-state index in [4.69, 9.17) is 0 Å². The molecule has 134 valence electrons. The van der Waals surface area contributed by atoms with Gasteiger partial charge in [-0.25, -0.2) is 12.8 Å². The van der Waals surface area contributed by atoms with E-state index >= 15 is 0 Å². The van der Waals surface area contributed by atoms with Gasteiger partial charge in [0.25, 0.3) is 15.9 Å². The number of amides is 1. The van der Waals surface area contributed by atoms with E-state index < -0.39 is 15.8 Å². The molecule has 0 spiro atoms. The minimum absolute atomic E-state index is 0.0200. The van der Waals surface area contributed by atoms with E-state index in [1.54, 1.807) is 9.47 Å². The van der Waals surface area contributed by atoms with Crippen LogP contribution in [0.25, 0.3) is 0 Å². The Kier molecular flexibility index (Phi) is 4.55. The Bertz CT molecular complexity index is 888. The van der Waals surface area contributed by atoms with Crippen LogP contribution in [-0.4, -0.2) is 36.9 Å². The molecule has 25 heavy (non-hydrogen) atoms. The van der Waals surface area contributed by atoms with Crippen molar-refractivity contribution in [1.82, 2.24) is 9.47 Å². The summed E-state index contributed by atoms with van der Waals surface area (Å²) in [5.41, 5.74) is 0.629. The summed E-state index contributed by atoms with van der Waals surface area (Å²) >= 11 is 0. The number of aromatic nitrogens is 1. The van der Waals surface area contributed by atoms with Crippen LogP contribution in [0, 0.1) is 11.7 Å². The van der Waals surface area contributed by atoms with Crippen molar-refractivity contribution in [3.8, 4) is 0 Å². The monoisotopic (exact) mass is 365 g/mol. The lowest BCUT2D eigenvalue weighted by Crippen LogP contribution is -2.41. The van der Waals surface area contributed by atoms with Crippen LogP contribution in [0.1, 0.15) is 24.3 Å². The van der Waals surface area contributed by atoms with Crippen molar-refractivity contribution in [2.45, 2.75) is 25.3 Å². The molecule has 2 aromatic rings. The second-order valence-corrected chi connectivity index (χ2v) is 8.19. The molecule has 0 fully saturated rings. The van der Waals surface area contributed by atoms with Gasteiger partial charge in [0, 0.05) is 31.5 Å². The molecule has 1 aromatic carbocycles. The Morgan fingerprint density at radius 3 is 2.52 bits per heavy atom. The molecule has 0 radical (unpaired) electrons. The molecule has 1 N–H and O–H groups in total. The highest BCUT2D eigenvalue weighted by Crippen LogP contribution is 2.22. The van der Waals surface area contributed by atoms with Gasteiger partial charge in [-0.3, -0.25) is 9.52 Å². The van der Waals surface area contributed by atoms with Crippen LogP contribution in [-0.2, 0) is 16.6 Å². The summed E-state index contributed by atoms with van der Waals surface area (Å²) in [4.78, 5) is 14.3. The Hall–Kier alpha value is -2.35. The first-order valence-electron chi connectivity index (χ1n) is 8.04. The number of carbonyl (C=O) groups excluding carboxylic acids is 1. The highest BCUT2D eigenvalue weighted by molar-refractivity contribution is 7.92. The summed E-state index contributed by atoms with van der Waals surface area (Å²) in [7, 11) is -3.85. The van der Waals surface area contributed by atoms with Gasteiger partial charge in [0.15, 0.2) is 0 Å². The summed E-state index contributed by atoms with van der Waals surface area (Å²) in [6.07, 6.45) is 1.46. The minimum atomic E-state index is -3.85. The molecule has 8 heteroatoms. The molecule has 0 aliphatic carbocycles. The first-order chi connectivity index (χ1) is 11.8. The fraction of sp³-hybridized carbons (Fsp3) is 0.353. The SMILES string of the molecule is CC(C)CN1CCn2cc(S(=O)(=O)Nc3ccc(F)cc3)cc2C1=O. The van der Waals surface area contributed by atoms with E-state index in [0.717, 1.165) is 0 Å². The molecule has 0 bridgehead atoms. The summed E-state index contributed by atoms with van der Waals surface area (Å²) in [6.45, 7) is 5.82. The van der Waals surface area contributed by atoms with Crippen molar-refractivity contribution >= 4 is 21.6 Å². The molecular weight excluding hydrogens is 345 g/mol. The van der Waals surface area contributed by atoms with Crippen LogP contribution in [0.5, 0.6) is 0 Å². The number of fused-ring (bicyclic) bond motifs is 1. The highest BCUT2D eigenvalue weighted by Gasteiger charge is 2.28. The van der Waals surface area contributed by atoms with E-state index in [9.17, 15) is 17.6 Å². The van der Waals surface area contributed by atoms with Gasteiger partial charge in [0.2, 0.25) is 0 Å². The molecule has 6 nitrogen and oxygen atoms in total. The lowest BCUT2D eigenvalue weighted by molar-refractivity contribution is 0.0683. The predicted molar refractivity (Wildman–Crippen MR) is 92.4 cm³/mol. The largest absolute Gasteiger partial charge is 0.340 e. The van der Waals surface area contributed by atoms with E-state index in [-0.39, 0.29) is 16.5 Å². The maximum Gasteiger partial charge on any atom is 0.270 e. The minimum Gasteiger partial charge on any atom is -0.340 e. The molecular formula is C17H20FN3O3S. The van der Waals surface area contributed by atoms with Gasteiger partial charge >= 0.3 is 0 Å². The van der Waals surface area contributed by atoms with Gasteiger partial charge in [-0.15, -0.1) is 0 Å². The molecule has 0 saturated carbocycles.